The van der Waals surface area contributed by atoms with Crippen molar-refractivity contribution in [1.29, 1.82) is 0 Å². The minimum absolute atomic E-state index is 0.0769. The summed E-state index contributed by atoms with van der Waals surface area (Å²) in [5.74, 6) is 0.293. The van der Waals surface area contributed by atoms with E-state index in [4.69, 9.17) is 10.9 Å². The molecule has 0 spiro atoms. The molecule has 1 saturated carbocycles. The van der Waals surface area contributed by atoms with Crippen LogP contribution in [0.1, 0.15) is 51.4 Å². The van der Waals surface area contributed by atoms with Gasteiger partial charge in [-0.15, -0.1) is 0 Å². The molecule has 6 heteroatoms. The Labute approximate surface area is 126 Å². The van der Waals surface area contributed by atoms with Crippen LogP contribution in [0.3, 0.4) is 0 Å². The predicted octanol–water partition coefficient (Wildman–Crippen LogP) is 1.28. The summed E-state index contributed by atoms with van der Waals surface area (Å²) >= 11 is 0. The minimum atomic E-state index is -0.676. The van der Waals surface area contributed by atoms with E-state index in [0.717, 1.165) is 38.8 Å². The number of hydrogen-bond donors (Lipinski definition) is 3. The van der Waals surface area contributed by atoms with Gasteiger partial charge in [0.15, 0.2) is 5.84 Å². The van der Waals surface area contributed by atoms with Gasteiger partial charge in [0.25, 0.3) is 0 Å². The number of carbonyl (C=O) groups is 1. The van der Waals surface area contributed by atoms with Gasteiger partial charge in [-0.2, -0.15) is 0 Å². The lowest BCUT2D eigenvalue weighted by atomic mass is 9.85. The molecule has 1 aliphatic carbocycles. The molecule has 2 aliphatic rings. The normalized spacial score (nSPS) is 25.3. The zero-order valence-corrected chi connectivity index (χ0v) is 13.0. The molecule has 1 amide bonds. The van der Waals surface area contributed by atoms with E-state index < -0.39 is 5.54 Å². The summed E-state index contributed by atoms with van der Waals surface area (Å²) < 4.78 is 0. The number of rotatable bonds is 3. The number of nitrogens with one attached hydrogen (secondary N) is 1. The Morgan fingerprint density at radius 1 is 1.24 bits per heavy atom. The summed E-state index contributed by atoms with van der Waals surface area (Å²) in [5, 5.41) is 15.4. The topological polar surface area (TPSA) is 91.0 Å². The molecule has 6 nitrogen and oxygen atoms in total. The zero-order valence-electron chi connectivity index (χ0n) is 13.0. The molecule has 2 rings (SSSR count). The van der Waals surface area contributed by atoms with Crippen LogP contribution in [0.15, 0.2) is 5.16 Å². The second-order valence-electron chi connectivity index (χ2n) is 6.55. The fourth-order valence-corrected chi connectivity index (χ4v) is 3.42. The van der Waals surface area contributed by atoms with Gasteiger partial charge in [-0.3, -0.25) is 4.79 Å². The number of carbonyl (C=O) groups excluding carboxylic acids is 1. The summed E-state index contributed by atoms with van der Waals surface area (Å²) in [6.45, 7) is 1.67. The van der Waals surface area contributed by atoms with Crippen molar-refractivity contribution in [3.05, 3.63) is 0 Å². The summed E-state index contributed by atoms with van der Waals surface area (Å²) in [6, 6.07) is 0. The van der Waals surface area contributed by atoms with Gasteiger partial charge >= 0.3 is 0 Å². The predicted molar refractivity (Wildman–Crippen MR) is 82.2 cm³/mol. The van der Waals surface area contributed by atoms with E-state index in [2.05, 4.69) is 15.4 Å². The monoisotopic (exact) mass is 296 g/mol. The molecule has 21 heavy (non-hydrogen) atoms. The number of piperidine rings is 1. The Kier molecular flexibility index (Phi) is 5.45. The maximum atomic E-state index is 12.6. The molecule has 4 N–H and O–H groups in total. The third-order valence-electron chi connectivity index (χ3n) is 5.03. The lowest BCUT2D eigenvalue weighted by molar-refractivity contribution is -0.127. The van der Waals surface area contributed by atoms with Crippen molar-refractivity contribution in [1.82, 2.24) is 10.2 Å². The molecule has 1 aliphatic heterocycles. The largest absolute Gasteiger partial charge is 0.409 e. The average molecular weight is 296 g/mol. The molecular weight excluding hydrogens is 268 g/mol. The van der Waals surface area contributed by atoms with Crippen LogP contribution in [-0.2, 0) is 4.79 Å². The molecule has 0 aromatic heterocycles. The molecule has 120 valence electrons. The maximum absolute atomic E-state index is 12.6. The van der Waals surface area contributed by atoms with Gasteiger partial charge in [-0.25, -0.2) is 0 Å². The third-order valence-corrected chi connectivity index (χ3v) is 5.03. The summed E-state index contributed by atoms with van der Waals surface area (Å²) in [4.78, 5) is 14.8. The van der Waals surface area contributed by atoms with Crippen molar-refractivity contribution < 1.29 is 10.0 Å². The Morgan fingerprint density at radius 2 is 1.81 bits per heavy atom. The van der Waals surface area contributed by atoms with Crippen LogP contribution in [0, 0.1) is 5.92 Å². The van der Waals surface area contributed by atoms with Gasteiger partial charge in [-0.05, 0) is 32.7 Å². The maximum Gasteiger partial charge on any atom is 0.223 e. The number of amidine groups is 1. The highest BCUT2D eigenvalue weighted by Crippen LogP contribution is 2.26. The van der Waals surface area contributed by atoms with Gasteiger partial charge in [-0.1, -0.05) is 30.8 Å². The Balaban J connectivity index is 2.06. The molecule has 0 bridgehead atoms. The van der Waals surface area contributed by atoms with Crippen LogP contribution in [0.4, 0.5) is 0 Å². The average Bonchev–Trinajstić information content (AvgIpc) is 2.78. The van der Waals surface area contributed by atoms with Gasteiger partial charge in [0.05, 0.1) is 0 Å². The summed E-state index contributed by atoms with van der Waals surface area (Å²) in [6.07, 6.45) is 7.99. The number of amides is 1. The van der Waals surface area contributed by atoms with Gasteiger partial charge in [0, 0.05) is 19.0 Å². The first-order valence-electron chi connectivity index (χ1n) is 8.06. The van der Waals surface area contributed by atoms with Crippen LogP contribution >= 0.6 is 0 Å². The van der Waals surface area contributed by atoms with Crippen LogP contribution in [0.2, 0.25) is 0 Å². The van der Waals surface area contributed by atoms with E-state index >= 15 is 0 Å². The molecule has 1 heterocycles. The quantitative estimate of drug-likeness (QED) is 0.241. The lowest BCUT2D eigenvalue weighted by Crippen LogP contribution is -2.62. The fraction of sp³-hybridized carbons (Fsp3) is 0.867. The van der Waals surface area contributed by atoms with E-state index in [1.54, 1.807) is 0 Å². The first kappa shape index (κ1) is 16.1. The van der Waals surface area contributed by atoms with Crippen molar-refractivity contribution in [2.24, 2.45) is 16.8 Å². The van der Waals surface area contributed by atoms with Crippen LogP contribution in [0.5, 0.6) is 0 Å². The van der Waals surface area contributed by atoms with Gasteiger partial charge < -0.3 is 21.2 Å². The molecule has 0 unspecified atom stereocenters. The number of likely N-dealkylation sites (tertiary alicyclic amines) is 1. The van der Waals surface area contributed by atoms with Gasteiger partial charge in [0.1, 0.15) is 5.54 Å². The number of hydrogen-bond acceptors (Lipinski definition) is 4. The second-order valence-corrected chi connectivity index (χ2v) is 6.55. The van der Waals surface area contributed by atoms with Crippen LogP contribution in [0.25, 0.3) is 0 Å². The molecule has 1 saturated heterocycles. The molecular formula is C15H28N4O2. The van der Waals surface area contributed by atoms with Crippen molar-refractivity contribution in [3.8, 4) is 0 Å². The van der Waals surface area contributed by atoms with E-state index in [1.165, 1.54) is 12.8 Å². The Hall–Kier alpha value is -1.30. The van der Waals surface area contributed by atoms with Crippen molar-refractivity contribution >= 4 is 11.7 Å². The summed E-state index contributed by atoms with van der Waals surface area (Å²) in [5.41, 5.74) is 5.23. The van der Waals surface area contributed by atoms with Crippen LogP contribution in [-0.4, -0.2) is 47.5 Å². The third kappa shape index (κ3) is 3.87. The molecule has 0 aromatic rings. The van der Waals surface area contributed by atoms with Crippen molar-refractivity contribution in [2.75, 3.05) is 20.1 Å². The highest BCUT2D eigenvalue weighted by molar-refractivity contribution is 5.94. The second kappa shape index (κ2) is 7.11. The molecule has 0 aromatic carbocycles. The van der Waals surface area contributed by atoms with Crippen molar-refractivity contribution in [2.45, 2.75) is 56.9 Å². The highest BCUT2D eigenvalue weighted by Gasteiger charge is 2.40. The van der Waals surface area contributed by atoms with Gasteiger partial charge in [0.2, 0.25) is 5.91 Å². The van der Waals surface area contributed by atoms with E-state index in [0.29, 0.717) is 12.8 Å². The summed E-state index contributed by atoms with van der Waals surface area (Å²) in [7, 11) is 2.04. The first-order valence-corrected chi connectivity index (χ1v) is 8.06. The smallest absolute Gasteiger partial charge is 0.223 e. The number of nitrogens with two attached hydrogens (primary N) is 1. The first-order chi connectivity index (χ1) is 10.1. The number of nitrogens with zero attached hydrogens (tertiary/aromatic N) is 2. The SMILES string of the molecule is CN1CCC(NC(=O)C2CCCCCC2)(C(N)=NO)CC1. The fourth-order valence-electron chi connectivity index (χ4n) is 3.42. The zero-order chi connectivity index (χ0) is 15.3. The molecule has 2 fully saturated rings. The highest BCUT2D eigenvalue weighted by atomic mass is 16.4. The van der Waals surface area contributed by atoms with E-state index in [9.17, 15) is 4.79 Å². The van der Waals surface area contributed by atoms with Crippen LogP contribution < -0.4 is 11.1 Å². The van der Waals surface area contributed by atoms with E-state index in [1.807, 2.05) is 7.05 Å². The van der Waals surface area contributed by atoms with Crippen molar-refractivity contribution in [3.63, 3.8) is 0 Å². The molecule has 0 atom stereocenters. The number of oxime groups is 1. The molecule has 0 radical (unpaired) electrons. The lowest BCUT2D eigenvalue weighted by Gasteiger charge is -2.40. The standard InChI is InChI=1S/C15H28N4O2/c1-19-10-8-15(9-11-19,14(16)18-21)17-13(20)12-6-4-2-3-5-7-12/h12,21H,2-11H2,1H3,(H2,16,18)(H,17,20). The van der Waals surface area contributed by atoms with E-state index in [-0.39, 0.29) is 17.7 Å². The minimum Gasteiger partial charge on any atom is -0.409 e. The Bertz CT molecular complexity index is 381. The Morgan fingerprint density at radius 3 is 2.33 bits per heavy atom.